The highest BCUT2D eigenvalue weighted by Gasteiger charge is 2.27. The van der Waals surface area contributed by atoms with E-state index in [9.17, 15) is 4.79 Å². The zero-order valence-electron chi connectivity index (χ0n) is 14.8. The van der Waals surface area contributed by atoms with Gasteiger partial charge < -0.3 is 9.64 Å². The van der Waals surface area contributed by atoms with Gasteiger partial charge in [-0.15, -0.1) is 10.2 Å². The molecule has 2 aromatic rings. The molecule has 7 heteroatoms. The minimum Gasteiger partial charge on any atom is -0.473 e. The molecule has 7 nitrogen and oxygen atoms in total. The monoisotopic (exact) mass is 343 g/mol. The Morgan fingerprint density at radius 1 is 1.24 bits per heavy atom. The normalized spacial score (nSPS) is 15.6. The minimum atomic E-state index is 0.0793. The summed E-state index contributed by atoms with van der Waals surface area (Å²) in [7, 11) is 0. The maximum atomic E-state index is 12.4. The fraction of sp³-hybridized carbons (Fsp3) is 0.556. The topological polar surface area (TPSA) is 73.1 Å². The van der Waals surface area contributed by atoms with E-state index < -0.39 is 0 Å². The highest BCUT2D eigenvalue weighted by Crippen LogP contribution is 2.20. The maximum Gasteiger partial charge on any atom is 0.233 e. The number of rotatable bonds is 6. The van der Waals surface area contributed by atoms with Gasteiger partial charge in [0.2, 0.25) is 11.8 Å². The average molecular weight is 343 g/mol. The number of amides is 1. The summed E-state index contributed by atoms with van der Waals surface area (Å²) in [6.45, 7) is 5.65. The van der Waals surface area contributed by atoms with Crippen LogP contribution in [0.15, 0.2) is 30.6 Å². The van der Waals surface area contributed by atoms with E-state index in [1.54, 1.807) is 10.9 Å². The largest absolute Gasteiger partial charge is 0.473 e. The van der Waals surface area contributed by atoms with Gasteiger partial charge in [-0.2, -0.15) is 5.10 Å². The van der Waals surface area contributed by atoms with Gasteiger partial charge in [-0.1, -0.05) is 13.8 Å². The van der Waals surface area contributed by atoms with Crippen LogP contribution in [0.1, 0.15) is 39.5 Å². The van der Waals surface area contributed by atoms with Crippen molar-refractivity contribution in [2.45, 2.75) is 45.6 Å². The van der Waals surface area contributed by atoms with Crippen molar-refractivity contribution in [3.8, 4) is 11.7 Å². The van der Waals surface area contributed by atoms with Gasteiger partial charge in [-0.05, 0) is 25.0 Å². The number of nitrogens with zero attached hydrogens (tertiary/aromatic N) is 5. The molecule has 0 radical (unpaired) electrons. The molecule has 1 fully saturated rings. The van der Waals surface area contributed by atoms with Gasteiger partial charge in [0.15, 0.2) is 5.82 Å². The quantitative estimate of drug-likeness (QED) is 0.805. The van der Waals surface area contributed by atoms with Crippen molar-refractivity contribution < 1.29 is 9.53 Å². The summed E-state index contributed by atoms with van der Waals surface area (Å²) in [5.74, 6) is 1.61. The molecule has 1 aliphatic heterocycles. The number of aromatic nitrogens is 4. The Hall–Kier alpha value is -2.44. The van der Waals surface area contributed by atoms with E-state index in [0.29, 0.717) is 11.7 Å². The number of hydrogen-bond acceptors (Lipinski definition) is 5. The second-order valence-electron chi connectivity index (χ2n) is 6.34. The van der Waals surface area contributed by atoms with Crippen LogP contribution in [0.2, 0.25) is 0 Å². The van der Waals surface area contributed by atoms with Gasteiger partial charge in [0.25, 0.3) is 0 Å². The van der Waals surface area contributed by atoms with E-state index in [0.717, 1.165) is 38.8 Å². The molecule has 134 valence electrons. The van der Waals surface area contributed by atoms with Gasteiger partial charge in [-0.3, -0.25) is 4.79 Å². The maximum absolute atomic E-state index is 12.4. The summed E-state index contributed by atoms with van der Waals surface area (Å²) in [6.07, 6.45) is 7.06. The van der Waals surface area contributed by atoms with Gasteiger partial charge in [0.1, 0.15) is 6.10 Å². The zero-order chi connectivity index (χ0) is 17.6. The van der Waals surface area contributed by atoms with E-state index in [2.05, 4.69) is 29.1 Å². The summed E-state index contributed by atoms with van der Waals surface area (Å²) < 4.78 is 7.58. The molecular weight excluding hydrogens is 318 g/mol. The Labute approximate surface area is 148 Å². The van der Waals surface area contributed by atoms with Crippen LogP contribution in [0.4, 0.5) is 0 Å². The molecule has 2 aromatic heterocycles. The lowest BCUT2D eigenvalue weighted by Gasteiger charge is -2.33. The molecule has 3 heterocycles. The molecule has 0 bridgehead atoms. The van der Waals surface area contributed by atoms with Crippen LogP contribution in [0.25, 0.3) is 5.82 Å². The van der Waals surface area contributed by atoms with E-state index in [1.807, 2.05) is 29.3 Å². The molecular formula is C18H25N5O2. The molecule has 1 amide bonds. The predicted molar refractivity (Wildman–Crippen MR) is 93.5 cm³/mol. The first-order chi connectivity index (χ1) is 12.2. The molecule has 25 heavy (non-hydrogen) atoms. The highest BCUT2D eigenvalue weighted by molar-refractivity contribution is 5.78. The first-order valence-electron chi connectivity index (χ1n) is 9.00. The molecule has 0 spiro atoms. The first-order valence-corrected chi connectivity index (χ1v) is 9.00. The van der Waals surface area contributed by atoms with Gasteiger partial charge >= 0.3 is 0 Å². The number of hydrogen-bond donors (Lipinski definition) is 0. The third-order valence-corrected chi connectivity index (χ3v) is 4.74. The Kier molecular flexibility index (Phi) is 5.63. The second-order valence-corrected chi connectivity index (χ2v) is 6.34. The fourth-order valence-corrected chi connectivity index (χ4v) is 3.16. The van der Waals surface area contributed by atoms with Gasteiger partial charge in [-0.25, -0.2) is 4.68 Å². The van der Waals surface area contributed by atoms with Crippen molar-refractivity contribution in [2.75, 3.05) is 13.1 Å². The van der Waals surface area contributed by atoms with E-state index in [-0.39, 0.29) is 17.9 Å². The predicted octanol–water partition coefficient (Wildman–Crippen LogP) is 2.47. The van der Waals surface area contributed by atoms with Gasteiger partial charge in [0, 0.05) is 50.3 Å². The number of likely N-dealkylation sites (tertiary alicyclic amines) is 1. The van der Waals surface area contributed by atoms with Crippen molar-refractivity contribution in [3.63, 3.8) is 0 Å². The SMILES string of the molecule is CCC(CC)C(=O)N1CCC(Oc2ccc(-n3cccn3)nn2)CC1. The summed E-state index contributed by atoms with van der Waals surface area (Å²) in [4.78, 5) is 14.4. The smallest absolute Gasteiger partial charge is 0.233 e. The lowest BCUT2D eigenvalue weighted by Crippen LogP contribution is -2.44. The van der Waals surface area contributed by atoms with Crippen molar-refractivity contribution >= 4 is 5.91 Å². The van der Waals surface area contributed by atoms with Crippen LogP contribution < -0.4 is 4.74 Å². The molecule has 0 unspecified atom stereocenters. The Balaban J connectivity index is 1.51. The molecule has 3 rings (SSSR count). The van der Waals surface area contributed by atoms with Crippen LogP contribution in [0, 0.1) is 5.92 Å². The molecule has 1 saturated heterocycles. The zero-order valence-corrected chi connectivity index (χ0v) is 14.8. The summed E-state index contributed by atoms with van der Waals surface area (Å²) in [6, 6.07) is 5.48. The number of ether oxygens (including phenoxy) is 1. The molecule has 0 aliphatic carbocycles. The lowest BCUT2D eigenvalue weighted by molar-refractivity contribution is -0.137. The fourth-order valence-electron chi connectivity index (χ4n) is 3.16. The standard InChI is InChI=1S/C18H25N5O2/c1-3-14(4-2)18(24)22-12-8-15(9-13-22)25-17-7-6-16(20-21-17)23-11-5-10-19-23/h5-7,10-11,14-15H,3-4,8-9,12-13H2,1-2H3. The van der Waals surface area contributed by atoms with Crippen molar-refractivity contribution in [2.24, 2.45) is 5.92 Å². The first kappa shape index (κ1) is 17.4. The van der Waals surface area contributed by atoms with E-state index in [4.69, 9.17) is 4.74 Å². The summed E-state index contributed by atoms with van der Waals surface area (Å²) in [5.41, 5.74) is 0. The Morgan fingerprint density at radius 3 is 2.56 bits per heavy atom. The van der Waals surface area contributed by atoms with Crippen LogP contribution >= 0.6 is 0 Å². The van der Waals surface area contributed by atoms with Crippen molar-refractivity contribution in [1.29, 1.82) is 0 Å². The Morgan fingerprint density at radius 2 is 2.00 bits per heavy atom. The average Bonchev–Trinajstić information content (AvgIpc) is 3.18. The van der Waals surface area contributed by atoms with E-state index in [1.165, 1.54) is 0 Å². The minimum absolute atomic E-state index is 0.0793. The van der Waals surface area contributed by atoms with Crippen LogP contribution in [0.5, 0.6) is 5.88 Å². The summed E-state index contributed by atoms with van der Waals surface area (Å²) >= 11 is 0. The number of carbonyl (C=O) groups is 1. The Bertz CT molecular complexity index is 659. The number of piperidine rings is 1. The molecule has 0 saturated carbocycles. The molecule has 0 N–H and O–H groups in total. The van der Waals surface area contributed by atoms with E-state index >= 15 is 0 Å². The third-order valence-electron chi connectivity index (χ3n) is 4.74. The summed E-state index contributed by atoms with van der Waals surface area (Å²) in [5, 5.41) is 12.4. The molecule has 0 atom stereocenters. The van der Waals surface area contributed by atoms with Gasteiger partial charge in [0.05, 0.1) is 0 Å². The molecule has 1 aliphatic rings. The van der Waals surface area contributed by atoms with Crippen LogP contribution in [-0.2, 0) is 4.79 Å². The third kappa shape index (κ3) is 4.15. The number of carbonyl (C=O) groups excluding carboxylic acids is 1. The highest BCUT2D eigenvalue weighted by atomic mass is 16.5. The van der Waals surface area contributed by atoms with Crippen molar-refractivity contribution in [1.82, 2.24) is 24.9 Å². The van der Waals surface area contributed by atoms with Crippen LogP contribution in [-0.4, -0.2) is 50.0 Å². The van der Waals surface area contributed by atoms with Crippen molar-refractivity contribution in [3.05, 3.63) is 30.6 Å². The lowest BCUT2D eigenvalue weighted by atomic mass is 9.99. The second kappa shape index (κ2) is 8.09. The van der Waals surface area contributed by atoms with Crippen LogP contribution in [0.3, 0.4) is 0 Å². The molecule has 0 aromatic carbocycles.